The second-order valence-corrected chi connectivity index (χ2v) is 5.60. The molecular weight excluding hydrogens is 287 g/mol. The third-order valence-electron chi connectivity index (χ3n) is 3.11. The molecular formula is C16H13FN2OS. The second kappa shape index (κ2) is 5.93. The van der Waals surface area contributed by atoms with Crippen molar-refractivity contribution in [1.29, 1.82) is 0 Å². The van der Waals surface area contributed by atoms with Crippen LogP contribution in [0.1, 0.15) is 15.4 Å². The molecule has 0 atom stereocenters. The maximum atomic E-state index is 12.9. The zero-order chi connectivity index (χ0) is 14.7. The Hall–Kier alpha value is -2.40. The van der Waals surface area contributed by atoms with Gasteiger partial charge in [-0.15, -0.1) is 11.3 Å². The summed E-state index contributed by atoms with van der Waals surface area (Å²) in [7, 11) is 0. The highest BCUT2D eigenvalue weighted by atomic mass is 32.1. The maximum absolute atomic E-state index is 12.9. The molecule has 3 nitrogen and oxygen atoms in total. The number of carbonyl (C=O) groups excluding carboxylic acids is 1. The van der Waals surface area contributed by atoms with Gasteiger partial charge >= 0.3 is 0 Å². The van der Waals surface area contributed by atoms with Gasteiger partial charge in [-0.3, -0.25) is 4.79 Å². The fraction of sp³-hybridized carbons (Fsp3) is 0.0625. The molecule has 0 bridgehead atoms. The number of halogens is 1. The molecule has 21 heavy (non-hydrogen) atoms. The van der Waals surface area contributed by atoms with E-state index in [2.05, 4.69) is 10.3 Å². The van der Waals surface area contributed by atoms with Gasteiger partial charge in [-0.1, -0.05) is 18.2 Å². The van der Waals surface area contributed by atoms with Crippen LogP contribution in [0.25, 0.3) is 11.1 Å². The van der Waals surface area contributed by atoms with Crippen LogP contribution in [0.5, 0.6) is 0 Å². The normalized spacial score (nSPS) is 10.5. The number of rotatable bonds is 4. The summed E-state index contributed by atoms with van der Waals surface area (Å²) >= 11 is 1.60. The average molecular weight is 300 g/mol. The van der Waals surface area contributed by atoms with Crippen LogP contribution in [0.4, 0.5) is 4.39 Å². The number of nitrogens with one attached hydrogen (secondary N) is 2. The number of amides is 1. The Bertz CT molecular complexity index is 732. The fourth-order valence-electron chi connectivity index (χ4n) is 2.01. The standard InChI is InChI=1S/C16H13FN2OS/c17-13-5-3-11(4-6-13)12-8-15(18-9-12)16(20)19-10-14-2-1-7-21-14/h1-9,18H,10H2,(H,19,20). The van der Waals surface area contributed by atoms with Gasteiger partial charge in [-0.2, -0.15) is 0 Å². The number of hydrogen-bond donors (Lipinski definition) is 2. The van der Waals surface area contributed by atoms with Crippen molar-refractivity contribution in [2.75, 3.05) is 0 Å². The highest BCUT2D eigenvalue weighted by Crippen LogP contribution is 2.20. The molecule has 0 aliphatic heterocycles. The number of H-pyrrole nitrogens is 1. The van der Waals surface area contributed by atoms with Gasteiger partial charge in [0, 0.05) is 11.1 Å². The zero-order valence-electron chi connectivity index (χ0n) is 11.1. The molecule has 0 unspecified atom stereocenters. The molecule has 2 aromatic heterocycles. The van der Waals surface area contributed by atoms with Crippen molar-refractivity contribution < 1.29 is 9.18 Å². The monoisotopic (exact) mass is 300 g/mol. The van der Waals surface area contributed by atoms with Crippen LogP contribution in [0.3, 0.4) is 0 Å². The number of aromatic nitrogens is 1. The minimum absolute atomic E-state index is 0.156. The molecule has 0 radical (unpaired) electrons. The average Bonchev–Trinajstić information content (AvgIpc) is 3.17. The third kappa shape index (κ3) is 3.20. The first-order valence-electron chi connectivity index (χ1n) is 6.47. The molecule has 3 aromatic rings. The first-order valence-corrected chi connectivity index (χ1v) is 7.35. The minimum atomic E-state index is -0.275. The molecule has 1 aromatic carbocycles. The van der Waals surface area contributed by atoms with E-state index in [1.54, 1.807) is 35.7 Å². The largest absolute Gasteiger partial charge is 0.357 e. The molecule has 0 saturated heterocycles. The molecule has 3 rings (SSSR count). The summed E-state index contributed by atoms with van der Waals surface area (Å²) in [5, 5.41) is 4.83. The SMILES string of the molecule is O=C(NCc1cccs1)c1cc(-c2ccc(F)cc2)c[nH]1. The number of thiophene rings is 1. The zero-order valence-corrected chi connectivity index (χ0v) is 11.9. The Morgan fingerprint density at radius 3 is 2.71 bits per heavy atom. The molecule has 2 heterocycles. The number of carbonyl (C=O) groups is 1. The Labute approximate surface area is 125 Å². The van der Waals surface area contributed by atoms with Gasteiger partial charge in [0.2, 0.25) is 0 Å². The highest BCUT2D eigenvalue weighted by Gasteiger charge is 2.09. The quantitative estimate of drug-likeness (QED) is 0.756. The van der Waals surface area contributed by atoms with Gasteiger partial charge in [0.15, 0.2) is 0 Å². The van der Waals surface area contributed by atoms with Crippen LogP contribution in [-0.2, 0) is 6.54 Å². The van der Waals surface area contributed by atoms with Crippen LogP contribution in [0.15, 0.2) is 54.0 Å². The van der Waals surface area contributed by atoms with Gasteiger partial charge in [0.1, 0.15) is 11.5 Å². The molecule has 0 fully saturated rings. The lowest BCUT2D eigenvalue weighted by molar-refractivity contribution is 0.0947. The first kappa shape index (κ1) is 13.6. The summed E-state index contributed by atoms with van der Waals surface area (Å²) < 4.78 is 12.9. The first-order chi connectivity index (χ1) is 10.2. The van der Waals surface area contributed by atoms with Crippen LogP contribution in [-0.4, -0.2) is 10.9 Å². The predicted octanol–water partition coefficient (Wildman–Crippen LogP) is 3.81. The summed E-state index contributed by atoms with van der Waals surface area (Å²) in [6.07, 6.45) is 1.74. The van der Waals surface area contributed by atoms with Crippen molar-refractivity contribution in [1.82, 2.24) is 10.3 Å². The van der Waals surface area contributed by atoms with E-state index in [9.17, 15) is 9.18 Å². The smallest absolute Gasteiger partial charge is 0.268 e. The van der Waals surface area contributed by atoms with Crippen molar-refractivity contribution in [3.63, 3.8) is 0 Å². The summed E-state index contributed by atoms with van der Waals surface area (Å²) in [5.74, 6) is -0.431. The van der Waals surface area contributed by atoms with Crippen LogP contribution < -0.4 is 5.32 Å². The maximum Gasteiger partial charge on any atom is 0.268 e. The topological polar surface area (TPSA) is 44.9 Å². The molecule has 106 valence electrons. The Morgan fingerprint density at radius 1 is 1.19 bits per heavy atom. The lowest BCUT2D eigenvalue weighted by atomic mass is 10.1. The highest BCUT2D eigenvalue weighted by molar-refractivity contribution is 7.09. The Morgan fingerprint density at radius 2 is 2.00 bits per heavy atom. The Kier molecular flexibility index (Phi) is 3.83. The van der Waals surface area contributed by atoms with Gasteiger partial charge in [0.25, 0.3) is 5.91 Å². The van der Waals surface area contributed by atoms with Crippen molar-refractivity contribution in [3.05, 3.63) is 70.4 Å². The van der Waals surface area contributed by atoms with Gasteiger partial charge in [-0.05, 0) is 40.8 Å². The van der Waals surface area contributed by atoms with E-state index in [1.165, 1.54) is 12.1 Å². The molecule has 0 saturated carbocycles. The van der Waals surface area contributed by atoms with Crippen LogP contribution in [0.2, 0.25) is 0 Å². The molecule has 2 N–H and O–H groups in total. The summed E-state index contributed by atoms with van der Waals surface area (Å²) in [4.78, 5) is 16.1. The lowest BCUT2D eigenvalue weighted by Gasteiger charge is -2.01. The minimum Gasteiger partial charge on any atom is -0.357 e. The summed E-state index contributed by atoms with van der Waals surface area (Å²) in [6.45, 7) is 0.515. The number of benzene rings is 1. The Balaban J connectivity index is 1.69. The van der Waals surface area contributed by atoms with E-state index in [1.807, 2.05) is 17.5 Å². The summed E-state index contributed by atoms with van der Waals surface area (Å²) in [6, 6.07) is 11.9. The molecule has 1 amide bonds. The van der Waals surface area contributed by atoms with E-state index in [4.69, 9.17) is 0 Å². The second-order valence-electron chi connectivity index (χ2n) is 4.57. The lowest BCUT2D eigenvalue weighted by Crippen LogP contribution is -2.22. The van der Waals surface area contributed by atoms with Crippen molar-refractivity contribution in [2.24, 2.45) is 0 Å². The molecule has 0 aliphatic carbocycles. The van der Waals surface area contributed by atoms with Crippen LogP contribution >= 0.6 is 11.3 Å². The van der Waals surface area contributed by atoms with E-state index >= 15 is 0 Å². The van der Waals surface area contributed by atoms with Crippen molar-refractivity contribution >= 4 is 17.2 Å². The van der Waals surface area contributed by atoms with Gasteiger partial charge in [0.05, 0.1) is 6.54 Å². The van der Waals surface area contributed by atoms with E-state index in [0.717, 1.165) is 16.0 Å². The van der Waals surface area contributed by atoms with Crippen LogP contribution in [0, 0.1) is 5.82 Å². The van der Waals surface area contributed by atoms with Crippen molar-refractivity contribution in [3.8, 4) is 11.1 Å². The van der Waals surface area contributed by atoms with Gasteiger partial charge < -0.3 is 10.3 Å². The van der Waals surface area contributed by atoms with Gasteiger partial charge in [-0.25, -0.2) is 4.39 Å². The van der Waals surface area contributed by atoms with Crippen molar-refractivity contribution in [2.45, 2.75) is 6.54 Å². The molecule has 0 spiro atoms. The molecule has 5 heteroatoms. The summed E-state index contributed by atoms with van der Waals surface area (Å²) in [5.41, 5.74) is 2.21. The predicted molar refractivity (Wildman–Crippen MR) is 81.7 cm³/mol. The van der Waals surface area contributed by atoms with E-state index < -0.39 is 0 Å². The third-order valence-corrected chi connectivity index (χ3v) is 3.98. The molecule has 0 aliphatic rings. The van der Waals surface area contributed by atoms with E-state index in [-0.39, 0.29) is 11.7 Å². The number of aromatic amines is 1. The van der Waals surface area contributed by atoms with E-state index in [0.29, 0.717) is 12.2 Å². The number of hydrogen-bond acceptors (Lipinski definition) is 2. The fourth-order valence-corrected chi connectivity index (χ4v) is 2.65.